The molecule has 0 unspecified atom stereocenters. The molecule has 0 aliphatic carbocycles. The van der Waals surface area contributed by atoms with Crippen LogP contribution in [0.2, 0.25) is 0 Å². The zero-order valence-corrected chi connectivity index (χ0v) is 11.3. The van der Waals surface area contributed by atoms with Crippen LogP contribution in [0.3, 0.4) is 0 Å². The molecule has 0 atom stereocenters. The first-order chi connectivity index (χ1) is 9.69. The Morgan fingerprint density at radius 3 is 2.20 bits per heavy atom. The summed E-state index contributed by atoms with van der Waals surface area (Å²) in [5, 5.41) is 0. The SMILES string of the molecule is COc1cc(Oc2ncc[nH]c2=O)cc(OC)c1OC. The Morgan fingerprint density at radius 1 is 1.05 bits per heavy atom. The van der Waals surface area contributed by atoms with E-state index < -0.39 is 5.56 Å². The Labute approximate surface area is 115 Å². The van der Waals surface area contributed by atoms with Crippen LogP contribution in [0.25, 0.3) is 0 Å². The molecular formula is C13H14N2O5. The average Bonchev–Trinajstić information content (AvgIpc) is 2.48. The molecular weight excluding hydrogens is 264 g/mol. The lowest BCUT2D eigenvalue weighted by atomic mass is 10.2. The molecule has 0 fully saturated rings. The van der Waals surface area contributed by atoms with Crippen molar-refractivity contribution in [2.24, 2.45) is 0 Å². The Kier molecular flexibility index (Phi) is 4.09. The topological polar surface area (TPSA) is 82.7 Å². The minimum absolute atomic E-state index is 0.0678. The van der Waals surface area contributed by atoms with Crippen LogP contribution in [-0.4, -0.2) is 31.3 Å². The van der Waals surface area contributed by atoms with Crippen molar-refractivity contribution in [3.63, 3.8) is 0 Å². The first-order valence-corrected chi connectivity index (χ1v) is 5.71. The molecule has 0 aliphatic rings. The summed E-state index contributed by atoms with van der Waals surface area (Å²) in [4.78, 5) is 17.8. The van der Waals surface area contributed by atoms with Crippen molar-refractivity contribution in [1.82, 2.24) is 9.97 Å². The number of H-pyrrole nitrogens is 1. The second-order valence-electron chi connectivity index (χ2n) is 3.69. The molecule has 0 spiro atoms. The quantitative estimate of drug-likeness (QED) is 0.894. The number of aromatic nitrogens is 2. The number of methoxy groups -OCH3 is 3. The minimum atomic E-state index is -0.429. The number of rotatable bonds is 5. The van der Waals surface area contributed by atoms with E-state index in [4.69, 9.17) is 18.9 Å². The fourth-order valence-corrected chi connectivity index (χ4v) is 1.64. The van der Waals surface area contributed by atoms with Gasteiger partial charge in [-0.1, -0.05) is 0 Å². The van der Waals surface area contributed by atoms with Crippen molar-refractivity contribution in [2.45, 2.75) is 0 Å². The molecule has 7 nitrogen and oxygen atoms in total. The van der Waals surface area contributed by atoms with Crippen LogP contribution in [0.4, 0.5) is 0 Å². The average molecular weight is 278 g/mol. The molecule has 2 aromatic rings. The fraction of sp³-hybridized carbons (Fsp3) is 0.231. The largest absolute Gasteiger partial charge is 0.493 e. The van der Waals surface area contributed by atoms with E-state index in [0.29, 0.717) is 23.0 Å². The van der Waals surface area contributed by atoms with E-state index in [2.05, 4.69) is 9.97 Å². The van der Waals surface area contributed by atoms with E-state index in [-0.39, 0.29) is 5.88 Å². The maximum Gasteiger partial charge on any atom is 0.311 e. The molecule has 20 heavy (non-hydrogen) atoms. The predicted octanol–water partition coefficient (Wildman–Crippen LogP) is 1.59. The van der Waals surface area contributed by atoms with Crippen LogP contribution in [-0.2, 0) is 0 Å². The lowest BCUT2D eigenvalue weighted by Crippen LogP contribution is -2.09. The Hall–Kier alpha value is -2.70. The highest BCUT2D eigenvalue weighted by Crippen LogP contribution is 2.41. The first kappa shape index (κ1) is 13.7. The van der Waals surface area contributed by atoms with E-state index in [1.165, 1.54) is 33.7 Å². The van der Waals surface area contributed by atoms with Crippen LogP contribution < -0.4 is 24.5 Å². The van der Waals surface area contributed by atoms with Gasteiger partial charge in [-0.15, -0.1) is 0 Å². The summed E-state index contributed by atoms with van der Waals surface area (Å²) in [6, 6.07) is 3.16. The normalized spacial score (nSPS) is 9.95. The van der Waals surface area contributed by atoms with Crippen molar-refractivity contribution in [3.8, 4) is 28.9 Å². The highest BCUT2D eigenvalue weighted by molar-refractivity contribution is 5.56. The molecule has 7 heteroatoms. The maximum atomic E-state index is 11.5. The summed E-state index contributed by atoms with van der Waals surface area (Å²) in [5.41, 5.74) is -0.429. The van der Waals surface area contributed by atoms with Crippen LogP contribution in [0.1, 0.15) is 0 Å². The van der Waals surface area contributed by atoms with Crippen molar-refractivity contribution in [1.29, 1.82) is 0 Å². The second-order valence-corrected chi connectivity index (χ2v) is 3.69. The predicted molar refractivity (Wildman–Crippen MR) is 71.0 cm³/mol. The number of aromatic amines is 1. The lowest BCUT2D eigenvalue weighted by molar-refractivity contribution is 0.320. The monoisotopic (exact) mass is 278 g/mol. The standard InChI is InChI=1S/C13H14N2O5/c1-17-9-6-8(7-10(18-2)11(9)19-3)20-13-12(16)14-4-5-15-13/h4-7H,1-3H3,(H,14,16). The molecule has 0 aliphatic heterocycles. The Balaban J connectivity index is 2.43. The van der Waals surface area contributed by atoms with Gasteiger partial charge in [-0.25, -0.2) is 4.98 Å². The third kappa shape index (κ3) is 2.66. The lowest BCUT2D eigenvalue weighted by Gasteiger charge is -2.13. The molecule has 1 heterocycles. The zero-order valence-electron chi connectivity index (χ0n) is 11.3. The van der Waals surface area contributed by atoms with Gasteiger partial charge in [0, 0.05) is 24.5 Å². The zero-order chi connectivity index (χ0) is 14.5. The number of hydrogen-bond donors (Lipinski definition) is 1. The molecule has 1 aromatic heterocycles. The van der Waals surface area contributed by atoms with Crippen LogP contribution >= 0.6 is 0 Å². The molecule has 0 saturated carbocycles. The number of ether oxygens (including phenoxy) is 4. The van der Waals surface area contributed by atoms with Gasteiger partial charge in [0.1, 0.15) is 5.75 Å². The molecule has 0 bridgehead atoms. The second kappa shape index (κ2) is 5.96. The molecule has 1 N–H and O–H groups in total. The molecule has 0 radical (unpaired) electrons. The van der Waals surface area contributed by atoms with Crippen molar-refractivity contribution >= 4 is 0 Å². The Morgan fingerprint density at radius 2 is 1.70 bits per heavy atom. The minimum Gasteiger partial charge on any atom is -0.493 e. The van der Waals surface area contributed by atoms with Crippen LogP contribution in [0.15, 0.2) is 29.3 Å². The van der Waals surface area contributed by atoms with Gasteiger partial charge in [-0.2, -0.15) is 0 Å². The van der Waals surface area contributed by atoms with E-state index in [1.807, 2.05) is 0 Å². The van der Waals surface area contributed by atoms with E-state index in [1.54, 1.807) is 12.1 Å². The smallest absolute Gasteiger partial charge is 0.311 e. The summed E-state index contributed by atoms with van der Waals surface area (Å²) in [6.07, 6.45) is 2.85. The molecule has 106 valence electrons. The van der Waals surface area contributed by atoms with Gasteiger partial charge >= 0.3 is 5.56 Å². The molecule has 1 aromatic carbocycles. The highest BCUT2D eigenvalue weighted by Gasteiger charge is 2.15. The van der Waals surface area contributed by atoms with Gasteiger partial charge in [-0.3, -0.25) is 4.79 Å². The van der Waals surface area contributed by atoms with Crippen molar-refractivity contribution in [2.75, 3.05) is 21.3 Å². The number of benzene rings is 1. The molecule has 2 rings (SSSR count). The van der Waals surface area contributed by atoms with Gasteiger partial charge in [0.05, 0.1) is 21.3 Å². The fourth-order valence-electron chi connectivity index (χ4n) is 1.64. The molecule has 0 amide bonds. The number of nitrogens with one attached hydrogen (secondary N) is 1. The molecule has 0 saturated heterocycles. The van der Waals surface area contributed by atoms with Gasteiger partial charge in [-0.05, 0) is 0 Å². The maximum absolute atomic E-state index is 11.5. The first-order valence-electron chi connectivity index (χ1n) is 5.71. The van der Waals surface area contributed by atoms with E-state index in [0.717, 1.165) is 0 Å². The number of hydrogen-bond acceptors (Lipinski definition) is 6. The van der Waals surface area contributed by atoms with E-state index in [9.17, 15) is 4.79 Å². The third-order valence-corrected chi connectivity index (χ3v) is 2.53. The number of nitrogens with zero attached hydrogens (tertiary/aromatic N) is 1. The van der Waals surface area contributed by atoms with E-state index >= 15 is 0 Å². The summed E-state index contributed by atoms with van der Waals surface area (Å²) < 4.78 is 21.0. The van der Waals surface area contributed by atoms with Gasteiger partial charge < -0.3 is 23.9 Å². The van der Waals surface area contributed by atoms with Crippen molar-refractivity contribution < 1.29 is 18.9 Å². The van der Waals surface area contributed by atoms with Gasteiger partial charge in [0.25, 0.3) is 5.88 Å². The summed E-state index contributed by atoms with van der Waals surface area (Å²) >= 11 is 0. The van der Waals surface area contributed by atoms with Gasteiger partial charge in [0.2, 0.25) is 5.75 Å². The Bertz CT molecular complexity index is 628. The highest BCUT2D eigenvalue weighted by atomic mass is 16.5. The van der Waals surface area contributed by atoms with Gasteiger partial charge in [0.15, 0.2) is 11.5 Å². The third-order valence-electron chi connectivity index (χ3n) is 2.53. The summed E-state index contributed by atoms with van der Waals surface area (Å²) in [5.74, 6) is 1.58. The van der Waals surface area contributed by atoms with Crippen molar-refractivity contribution in [3.05, 3.63) is 34.9 Å². The summed E-state index contributed by atoms with van der Waals surface area (Å²) in [7, 11) is 4.49. The van der Waals surface area contributed by atoms with Crippen LogP contribution in [0.5, 0.6) is 28.9 Å². The van der Waals surface area contributed by atoms with Crippen LogP contribution in [0, 0.1) is 0 Å². The summed E-state index contributed by atoms with van der Waals surface area (Å²) in [6.45, 7) is 0.